The van der Waals surface area contributed by atoms with E-state index in [1.54, 1.807) is 0 Å². The van der Waals surface area contributed by atoms with Crippen LogP contribution in [0.1, 0.15) is 53.4 Å². The number of nitro benzene ring substituents is 1. The molecule has 2 amide bonds. The van der Waals surface area contributed by atoms with E-state index < -0.39 is 30.1 Å². The van der Waals surface area contributed by atoms with Crippen molar-refractivity contribution >= 4 is 24.0 Å². The van der Waals surface area contributed by atoms with Crippen LogP contribution < -0.4 is 15.4 Å². The van der Waals surface area contributed by atoms with Crippen LogP contribution >= 0.6 is 0 Å². The number of nitrogens with one attached hydrogen (secondary N) is 2. The van der Waals surface area contributed by atoms with Crippen LogP contribution in [0.15, 0.2) is 24.3 Å². The van der Waals surface area contributed by atoms with Crippen LogP contribution in [0, 0.1) is 20.9 Å². The van der Waals surface area contributed by atoms with Gasteiger partial charge in [0.2, 0.25) is 6.79 Å². The van der Waals surface area contributed by atoms with Gasteiger partial charge in [-0.05, 0) is 48.6 Å². The predicted molar refractivity (Wildman–Crippen MR) is 124 cm³/mol. The summed E-state index contributed by atoms with van der Waals surface area (Å²) in [5.41, 5.74) is -0.523. The summed E-state index contributed by atoms with van der Waals surface area (Å²) in [5, 5.41) is 16.2. The van der Waals surface area contributed by atoms with Gasteiger partial charge in [-0.15, -0.1) is 0 Å². The Morgan fingerprint density at radius 1 is 1.06 bits per heavy atom. The second kappa shape index (κ2) is 12.2. The maximum Gasteiger partial charge on any atom is 0.516 e. The molecule has 1 aliphatic carbocycles. The Morgan fingerprint density at radius 2 is 1.74 bits per heavy atom. The topological polar surface area (TPSA) is 155 Å². The Bertz CT molecular complexity index is 904. The highest BCUT2D eigenvalue weighted by atomic mass is 16.8. The molecule has 0 spiro atoms. The van der Waals surface area contributed by atoms with Crippen molar-refractivity contribution in [2.75, 3.05) is 19.9 Å². The largest absolute Gasteiger partial charge is 0.516 e. The van der Waals surface area contributed by atoms with E-state index in [0.717, 1.165) is 19.3 Å². The van der Waals surface area contributed by atoms with Crippen molar-refractivity contribution in [1.29, 1.82) is 0 Å². The van der Waals surface area contributed by atoms with E-state index in [1.165, 1.54) is 24.3 Å². The lowest BCUT2D eigenvalue weighted by Gasteiger charge is -2.46. The third-order valence-electron chi connectivity index (χ3n) is 5.48. The van der Waals surface area contributed by atoms with Crippen molar-refractivity contribution in [1.82, 2.24) is 10.6 Å². The van der Waals surface area contributed by atoms with Gasteiger partial charge in [0, 0.05) is 24.7 Å². The summed E-state index contributed by atoms with van der Waals surface area (Å²) in [6.45, 7) is 8.15. The number of hydrogen-bond donors (Lipinski definition) is 2. The van der Waals surface area contributed by atoms with E-state index in [9.17, 15) is 24.5 Å². The second-order valence-electron chi connectivity index (χ2n) is 9.69. The number of non-ortho nitro benzene ring substituents is 1. The highest BCUT2D eigenvalue weighted by molar-refractivity contribution is 5.68. The fourth-order valence-corrected chi connectivity index (χ4v) is 4.50. The van der Waals surface area contributed by atoms with Crippen LogP contribution in [-0.4, -0.2) is 49.3 Å². The van der Waals surface area contributed by atoms with Crippen LogP contribution in [-0.2, 0) is 14.2 Å². The molecule has 0 saturated heterocycles. The number of carbonyl (C=O) groups is 3. The molecule has 2 N–H and O–H groups in total. The van der Waals surface area contributed by atoms with Gasteiger partial charge in [-0.2, -0.15) is 0 Å². The SMILES string of the molecule is CCCOC(=O)NC1CC(C)(C)CC(C)(CNC(=O)OCOC(=O)Oc2ccc([N+](=O)[O-])cc2)C1. The maximum atomic E-state index is 12.1. The minimum atomic E-state index is -1.13. The summed E-state index contributed by atoms with van der Waals surface area (Å²) < 4.78 is 19.5. The van der Waals surface area contributed by atoms with Crippen LogP contribution in [0.25, 0.3) is 0 Å². The van der Waals surface area contributed by atoms with Crippen LogP contribution in [0.3, 0.4) is 0 Å². The first-order valence-electron chi connectivity index (χ1n) is 11.3. The first-order chi connectivity index (χ1) is 16.4. The summed E-state index contributed by atoms with van der Waals surface area (Å²) in [6, 6.07) is 4.74. The van der Waals surface area contributed by atoms with Gasteiger partial charge in [0.15, 0.2) is 0 Å². The molecule has 0 radical (unpaired) electrons. The van der Waals surface area contributed by atoms with Gasteiger partial charge in [0.1, 0.15) is 5.75 Å². The third-order valence-corrected chi connectivity index (χ3v) is 5.48. The highest BCUT2D eigenvalue weighted by Gasteiger charge is 2.42. The Balaban J connectivity index is 1.75. The van der Waals surface area contributed by atoms with E-state index in [1.807, 2.05) is 13.8 Å². The van der Waals surface area contributed by atoms with Crippen molar-refractivity contribution in [3.63, 3.8) is 0 Å². The number of ether oxygens (including phenoxy) is 4. The minimum Gasteiger partial charge on any atom is -0.450 e. The zero-order chi connectivity index (χ0) is 26.1. The maximum absolute atomic E-state index is 12.1. The molecule has 0 aliphatic heterocycles. The van der Waals surface area contributed by atoms with Gasteiger partial charge >= 0.3 is 18.3 Å². The summed E-state index contributed by atoms with van der Waals surface area (Å²) in [7, 11) is 0. The van der Waals surface area contributed by atoms with E-state index in [2.05, 4.69) is 24.5 Å². The molecule has 1 fully saturated rings. The zero-order valence-electron chi connectivity index (χ0n) is 20.5. The zero-order valence-corrected chi connectivity index (χ0v) is 20.5. The normalized spacial score (nSPS) is 20.7. The number of amides is 2. The summed E-state index contributed by atoms with van der Waals surface area (Å²) in [4.78, 5) is 45.8. The first kappa shape index (κ1) is 27.7. The molecule has 1 aromatic rings. The number of hydrogen-bond acceptors (Lipinski definition) is 9. The third kappa shape index (κ3) is 9.67. The predicted octanol–water partition coefficient (Wildman–Crippen LogP) is 4.52. The molecule has 1 saturated carbocycles. The molecule has 12 nitrogen and oxygen atoms in total. The van der Waals surface area contributed by atoms with Gasteiger partial charge in [-0.25, -0.2) is 14.4 Å². The van der Waals surface area contributed by atoms with Gasteiger partial charge in [-0.3, -0.25) is 10.1 Å². The fourth-order valence-electron chi connectivity index (χ4n) is 4.50. The number of alkyl carbamates (subject to hydrolysis) is 2. The molecular formula is C23H33N3O9. The van der Waals surface area contributed by atoms with Crippen molar-refractivity contribution in [2.24, 2.45) is 10.8 Å². The first-order valence-corrected chi connectivity index (χ1v) is 11.3. The quantitative estimate of drug-likeness (QED) is 0.165. The molecule has 0 aromatic heterocycles. The molecule has 1 aliphatic rings. The van der Waals surface area contributed by atoms with E-state index in [-0.39, 0.29) is 28.3 Å². The number of nitrogens with zero attached hydrogens (tertiary/aromatic N) is 1. The molecule has 2 unspecified atom stereocenters. The van der Waals surface area contributed by atoms with Gasteiger partial charge in [0.25, 0.3) is 5.69 Å². The average Bonchev–Trinajstić information content (AvgIpc) is 2.75. The fraction of sp³-hybridized carbons (Fsp3) is 0.609. The molecule has 0 bridgehead atoms. The lowest BCUT2D eigenvalue weighted by molar-refractivity contribution is -0.384. The highest BCUT2D eigenvalue weighted by Crippen LogP contribution is 2.45. The molecular weight excluding hydrogens is 462 g/mol. The average molecular weight is 496 g/mol. The van der Waals surface area contributed by atoms with Crippen LogP contribution in [0.4, 0.5) is 20.1 Å². The number of carbonyl (C=O) groups excluding carboxylic acids is 3. The minimum absolute atomic E-state index is 0.0413. The second-order valence-corrected chi connectivity index (χ2v) is 9.69. The van der Waals surface area contributed by atoms with Crippen LogP contribution in [0.5, 0.6) is 5.75 Å². The molecule has 0 heterocycles. The molecule has 12 heteroatoms. The van der Waals surface area contributed by atoms with Crippen molar-refractivity contribution < 1.29 is 38.3 Å². The number of nitro groups is 1. The van der Waals surface area contributed by atoms with E-state index >= 15 is 0 Å². The van der Waals surface area contributed by atoms with Crippen molar-refractivity contribution in [3.05, 3.63) is 34.4 Å². The van der Waals surface area contributed by atoms with Gasteiger partial charge in [0.05, 0.1) is 11.5 Å². The molecule has 1 aromatic carbocycles. The van der Waals surface area contributed by atoms with Gasteiger partial charge in [-0.1, -0.05) is 27.7 Å². The Hall–Kier alpha value is -3.57. The number of rotatable bonds is 9. The summed E-state index contributed by atoms with van der Waals surface area (Å²) in [6.07, 6.45) is 0.657. The van der Waals surface area contributed by atoms with E-state index in [4.69, 9.17) is 18.9 Å². The molecule has 194 valence electrons. The molecule has 2 atom stereocenters. The monoisotopic (exact) mass is 495 g/mol. The Kier molecular flexibility index (Phi) is 9.67. The lowest BCUT2D eigenvalue weighted by Crippen LogP contribution is -2.50. The lowest BCUT2D eigenvalue weighted by atomic mass is 9.62. The Labute approximate surface area is 203 Å². The molecule has 35 heavy (non-hydrogen) atoms. The standard InChI is InChI=1S/C23H33N3O9/c1-5-10-32-20(28)25-16-11-22(2,3)13-23(4,12-16)14-24-19(27)33-15-34-21(29)35-18-8-6-17(7-9-18)26(30)31/h6-9,16H,5,10-15H2,1-4H3,(H,24,27)(H,25,28). The van der Waals surface area contributed by atoms with Gasteiger partial charge < -0.3 is 29.6 Å². The number of benzene rings is 1. The van der Waals surface area contributed by atoms with E-state index in [0.29, 0.717) is 19.6 Å². The Morgan fingerprint density at radius 3 is 2.37 bits per heavy atom. The summed E-state index contributed by atoms with van der Waals surface area (Å²) >= 11 is 0. The van der Waals surface area contributed by atoms with Crippen molar-refractivity contribution in [3.8, 4) is 5.75 Å². The van der Waals surface area contributed by atoms with Crippen LogP contribution in [0.2, 0.25) is 0 Å². The summed E-state index contributed by atoms with van der Waals surface area (Å²) in [5.74, 6) is 0.0413. The molecule has 2 rings (SSSR count). The smallest absolute Gasteiger partial charge is 0.450 e. The van der Waals surface area contributed by atoms with Crippen molar-refractivity contribution in [2.45, 2.75) is 59.4 Å².